The maximum atomic E-state index is 12.0. The molecular weight excluding hydrogens is 333 g/mol. The van der Waals surface area contributed by atoms with Crippen LogP contribution in [0, 0.1) is 5.92 Å². The van der Waals surface area contributed by atoms with Crippen molar-refractivity contribution in [2.75, 3.05) is 13.3 Å². The monoisotopic (exact) mass is 356 g/mol. The lowest BCUT2D eigenvalue weighted by Gasteiger charge is -2.27. The van der Waals surface area contributed by atoms with E-state index >= 15 is 0 Å². The van der Waals surface area contributed by atoms with E-state index in [1.54, 1.807) is 13.8 Å². The van der Waals surface area contributed by atoms with Gasteiger partial charge in [-0.3, -0.25) is 13.6 Å². The summed E-state index contributed by atoms with van der Waals surface area (Å²) in [7, 11) is -1.15. The first kappa shape index (κ1) is 20.3. The van der Waals surface area contributed by atoms with Crippen LogP contribution in [0.25, 0.3) is 0 Å². The minimum absolute atomic E-state index is 0.115. The predicted molar refractivity (Wildman–Crippen MR) is 80.9 cm³/mol. The molecule has 0 saturated heterocycles. The van der Waals surface area contributed by atoms with Gasteiger partial charge in [-0.1, -0.05) is 6.42 Å². The van der Waals surface area contributed by atoms with Gasteiger partial charge >= 0.3 is 15.4 Å². The van der Waals surface area contributed by atoms with Gasteiger partial charge in [0.25, 0.3) is 0 Å². The first-order valence-electron chi connectivity index (χ1n) is 6.97. The van der Waals surface area contributed by atoms with Crippen LogP contribution in [0.3, 0.4) is 0 Å². The summed E-state index contributed by atoms with van der Waals surface area (Å²) in [4.78, 5) is 27.7. The molecule has 1 saturated carbocycles. The zero-order valence-corrected chi connectivity index (χ0v) is 14.7. The normalized spacial score (nSPS) is 32.3. The molecule has 2 radical (unpaired) electrons. The van der Waals surface area contributed by atoms with E-state index in [4.69, 9.17) is 31.4 Å². The molecule has 8 nitrogen and oxygen atoms in total. The maximum absolute atomic E-state index is 12.0. The topological polar surface area (TPSA) is 123 Å². The van der Waals surface area contributed by atoms with E-state index in [0.717, 1.165) is 0 Å². The van der Waals surface area contributed by atoms with Crippen LogP contribution in [0.4, 0.5) is 0 Å². The standard InChI is InChI=1S/C11H23BO8P2/c1-7(2)19-22(16,17)20-10-8(4-5-21(13,14)15)6-9(12)11(10)18-3/h7-11H,4-6H2,1-3H3,(H,16,17)(H2,13,14,15)/t8-,9?,10+,11-/m0/s1. The molecule has 0 heterocycles. The number of hydrogen-bond donors (Lipinski definition) is 3. The second-order valence-corrected chi connectivity index (χ2v) is 8.86. The smallest absolute Gasteiger partial charge is 0.379 e. The van der Waals surface area contributed by atoms with Gasteiger partial charge in [-0.15, -0.1) is 0 Å². The fraction of sp³-hybridized carbons (Fsp3) is 1.00. The fourth-order valence-corrected chi connectivity index (χ4v) is 4.50. The molecule has 1 aliphatic carbocycles. The highest BCUT2D eigenvalue weighted by Crippen LogP contribution is 2.52. The first-order chi connectivity index (χ1) is 9.95. The van der Waals surface area contributed by atoms with E-state index in [2.05, 4.69) is 0 Å². The van der Waals surface area contributed by atoms with Gasteiger partial charge in [0.05, 0.1) is 32.3 Å². The molecule has 128 valence electrons. The fourth-order valence-electron chi connectivity index (χ4n) is 2.65. The minimum atomic E-state index is -4.31. The minimum Gasteiger partial charge on any atom is -0.379 e. The number of methoxy groups -OCH3 is 1. The molecule has 0 amide bonds. The average Bonchev–Trinajstić information content (AvgIpc) is 2.59. The lowest BCUT2D eigenvalue weighted by atomic mass is 9.83. The van der Waals surface area contributed by atoms with Crippen molar-refractivity contribution in [2.24, 2.45) is 5.92 Å². The Morgan fingerprint density at radius 1 is 1.23 bits per heavy atom. The Hall–Kier alpha value is 0.285. The van der Waals surface area contributed by atoms with Crippen LogP contribution in [0.15, 0.2) is 0 Å². The van der Waals surface area contributed by atoms with E-state index in [0.29, 0.717) is 6.42 Å². The third kappa shape index (κ3) is 6.42. The number of ether oxygens (including phenoxy) is 1. The molecule has 5 atom stereocenters. The second-order valence-electron chi connectivity index (χ2n) is 5.73. The van der Waals surface area contributed by atoms with Crippen molar-refractivity contribution >= 4 is 23.3 Å². The van der Waals surface area contributed by atoms with Gasteiger partial charge in [-0.05, 0) is 32.0 Å². The molecule has 0 aromatic rings. The van der Waals surface area contributed by atoms with Crippen molar-refractivity contribution < 1.29 is 37.6 Å². The Kier molecular flexibility index (Phi) is 7.31. The van der Waals surface area contributed by atoms with Crippen molar-refractivity contribution in [1.82, 2.24) is 0 Å². The summed E-state index contributed by atoms with van der Waals surface area (Å²) in [6.07, 6.45) is -1.86. The summed E-state index contributed by atoms with van der Waals surface area (Å²) >= 11 is 0. The Bertz CT molecular complexity index is 453. The van der Waals surface area contributed by atoms with Crippen LogP contribution in [-0.4, -0.2) is 54.1 Å². The van der Waals surface area contributed by atoms with Crippen LogP contribution in [0.2, 0.25) is 5.82 Å². The zero-order valence-electron chi connectivity index (χ0n) is 12.9. The Labute approximate surface area is 131 Å². The van der Waals surface area contributed by atoms with Gasteiger partial charge in [-0.2, -0.15) is 0 Å². The van der Waals surface area contributed by atoms with E-state index in [1.807, 2.05) is 0 Å². The summed E-state index contributed by atoms with van der Waals surface area (Å²) in [6.45, 7) is 3.18. The van der Waals surface area contributed by atoms with Gasteiger partial charge in [0.2, 0.25) is 0 Å². The van der Waals surface area contributed by atoms with Crippen LogP contribution in [-0.2, 0) is 22.9 Å². The van der Waals surface area contributed by atoms with E-state index in [1.165, 1.54) is 7.11 Å². The third-order valence-corrected chi connectivity index (χ3v) is 5.49. The quantitative estimate of drug-likeness (QED) is 0.441. The molecule has 0 bridgehead atoms. The van der Waals surface area contributed by atoms with Gasteiger partial charge in [-0.25, -0.2) is 4.57 Å². The molecule has 0 aromatic carbocycles. The van der Waals surface area contributed by atoms with Gasteiger partial charge in [0.15, 0.2) is 0 Å². The van der Waals surface area contributed by atoms with Crippen LogP contribution in [0.1, 0.15) is 26.7 Å². The van der Waals surface area contributed by atoms with E-state index in [-0.39, 0.29) is 12.6 Å². The Balaban J connectivity index is 2.83. The molecule has 3 N–H and O–H groups in total. The summed E-state index contributed by atoms with van der Waals surface area (Å²) in [5, 5.41) is 0. The first-order valence-corrected chi connectivity index (χ1v) is 10.3. The highest BCUT2D eigenvalue weighted by atomic mass is 31.2. The molecule has 1 fully saturated rings. The lowest BCUT2D eigenvalue weighted by molar-refractivity contribution is -0.0169. The third-order valence-electron chi connectivity index (χ3n) is 3.45. The van der Waals surface area contributed by atoms with Gasteiger partial charge in [0, 0.05) is 7.11 Å². The van der Waals surface area contributed by atoms with Crippen LogP contribution < -0.4 is 0 Å². The maximum Gasteiger partial charge on any atom is 0.472 e. The summed E-state index contributed by atoms with van der Waals surface area (Å²) in [6, 6.07) is 0. The van der Waals surface area contributed by atoms with E-state index < -0.39 is 45.5 Å². The predicted octanol–water partition coefficient (Wildman–Crippen LogP) is 1.46. The van der Waals surface area contributed by atoms with Crippen LogP contribution >= 0.6 is 15.4 Å². The highest BCUT2D eigenvalue weighted by molar-refractivity contribution is 7.51. The van der Waals surface area contributed by atoms with E-state index in [9.17, 15) is 14.0 Å². The molecule has 2 unspecified atom stereocenters. The molecule has 0 aliphatic heterocycles. The molecular formula is C11H23BO8P2. The number of hydrogen-bond acceptors (Lipinski definition) is 5. The molecule has 1 rings (SSSR count). The molecule has 0 aromatic heterocycles. The molecule has 22 heavy (non-hydrogen) atoms. The Morgan fingerprint density at radius 3 is 2.27 bits per heavy atom. The van der Waals surface area contributed by atoms with Crippen molar-refractivity contribution in [3.63, 3.8) is 0 Å². The average molecular weight is 356 g/mol. The Morgan fingerprint density at radius 2 is 1.82 bits per heavy atom. The van der Waals surface area contributed by atoms with Crippen molar-refractivity contribution in [1.29, 1.82) is 0 Å². The molecule has 1 aliphatic rings. The second kappa shape index (κ2) is 7.91. The number of phosphoric ester groups is 1. The van der Waals surface area contributed by atoms with Gasteiger partial charge < -0.3 is 19.4 Å². The summed E-state index contributed by atoms with van der Waals surface area (Å²) < 4.78 is 38.2. The summed E-state index contributed by atoms with van der Waals surface area (Å²) in [5.41, 5.74) is 0. The summed E-state index contributed by atoms with van der Waals surface area (Å²) in [5.74, 6) is -0.848. The van der Waals surface area contributed by atoms with Crippen molar-refractivity contribution in [3.8, 4) is 0 Å². The number of rotatable bonds is 8. The molecule has 0 spiro atoms. The SMILES string of the molecule is [B]C1C[C@H](CCP(=O)(O)O)[C@@H](OP(=O)(O)OC(C)C)[C@H]1OC. The van der Waals surface area contributed by atoms with Crippen molar-refractivity contribution in [3.05, 3.63) is 0 Å². The van der Waals surface area contributed by atoms with Crippen LogP contribution in [0.5, 0.6) is 0 Å². The largest absolute Gasteiger partial charge is 0.472 e. The lowest BCUT2D eigenvalue weighted by Crippen LogP contribution is -2.32. The van der Waals surface area contributed by atoms with Gasteiger partial charge in [0.1, 0.15) is 0 Å². The highest BCUT2D eigenvalue weighted by Gasteiger charge is 2.46. The zero-order chi connectivity index (χ0) is 17.1. The molecule has 11 heteroatoms. The number of phosphoric acid groups is 1. The van der Waals surface area contributed by atoms with Crippen molar-refractivity contribution in [2.45, 2.75) is 50.8 Å².